The van der Waals surface area contributed by atoms with E-state index in [2.05, 4.69) is 19.2 Å². The third kappa shape index (κ3) is 2.61. The van der Waals surface area contributed by atoms with Crippen LogP contribution < -0.4 is 0 Å². The number of aliphatic hydroxyl groups excluding tert-OH is 1. The first kappa shape index (κ1) is 10.4. The van der Waals surface area contributed by atoms with Gasteiger partial charge in [-0.05, 0) is 10.5 Å². The van der Waals surface area contributed by atoms with Crippen LogP contribution in [-0.2, 0) is 0 Å². The molecule has 0 saturated heterocycles. The fourth-order valence-electron chi connectivity index (χ4n) is 1.12. The summed E-state index contributed by atoms with van der Waals surface area (Å²) in [6.07, 6.45) is -0.508. The molecule has 0 aromatic heterocycles. The van der Waals surface area contributed by atoms with Crippen molar-refractivity contribution in [3.63, 3.8) is 0 Å². The van der Waals surface area contributed by atoms with Gasteiger partial charge in [-0.2, -0.15) is 0 Å². The first-order valence-electron chi connectivity index (χ1n) is 4.23. The molecule has 0 heterocycles. The molecule has 0 saturated carbocycles. The van der Waals surface area contributed by atoms with Crippen LogP contribution in [0.4, 0.5) is 0 Å². The fraction of sp³-hybridized carbons (Fsp3) is 0.273. The molecule has 0 spiro atoms. The van der Waals surface area contributed by atoms with E-state index in [1.165, 1.54) is 0 Å². The fourth-order valence-corrected chi connectivity index (χ4v) is 1.26. The van der Waals surface area contributed by atoms with E-state index >= 15 is 0 Å². The molecular weight excluding hydrogens is 180 g/mol. The van der Waals surface area contributed by atoms with E-state index in [-0.39, 0.29) is 5.92 Å². The minimum absolute atomic E-state index is 0.0225. The second kappa shape index (κ2) is 4.49. The van der Waals surface area contributed by atoms with Gasteiger partial charge in [-0.15, -0.1) is 12.6 Å². The van der Waals surface area contributed by atoms with Crippen molar-refractivity contribution >= 4 is 12.6 Å². The molecule has 0 aliphatic rings. The Morgan fingerprint density at radius 3 is 2.38 bits per heavy atom. The van der Waals surface area contributed by atoms with E-state index in [4.69, 9.17) is 0 Å². The molecule has 1 aromatic carbocycles. The van der Waals surface area contributed by atoms with Crippen LogP contribution in [0.15, 0.2) is 41.8 Å². The summed E-state index contributed by atoms with van der Waals surface area (Å²) in [5.41, 5.74) is 0.908. The summed E-state index contributed by atoms with van der Waals surface area (Å²) in [5.74, 6) is -0.0225. The van der Waals surface area contributed by atoms with Crippen LogP contribution in [0.1, 0.15) is 18.6 Å². The lowest BCUT2D eigenvalue weighted by atomic mass is 9.97. The molecule has 1 nitrogen and oxygen atoms in total. The highest BCUT2D eigenvalue weighted by Crippen LogP contribution is 2.27. The van der Waals surface area contributed by atoms with Gasteiger partial charge < -0.3 is 5.11 Å². The molecule has 1 N–H and O–H groups in total. The molecule has 1 aromatic rings. The second-order valence-electron chi connectivity index (χ2n) is 3.14. The van der Waals surface area contributed by atoms with Gasteiger partial charge in [0, 0.05) is 5.92 Å². The molecular formula is C11H14OS. The summed E-state index contributed by atoms with van der Waals surface area (Å²) in [4.78, 5) is 0.705. The first-order chi connectivity index (χ1) is 6.13. The Balaban J connectivity index is 2.79. The maximum atomic E-state index is 9.85. The normalized spacial score (nSPS) is 15.0. The van der Waals surface area contributed by atoms with Crippen molar-refractivity contribution in [2.24, 2.45) is 5.92 Å². The quantitative estimate of drug-likeness (QED) is 0.709. The van der Waals surface area contributed by atoms with Crippen LogP contribution in [0.25, 0.3) is 0 Å². The maximum Gasteiger partial charge on any atom is 0.0860 e. The molecule has 0 amide bonds. The van der Waals surface area contributed by atoms with Gasteiger partial charge in [-0.25, -0.2) is 0 Å². The van der Waals surface area contributed by atoms with Gasteiger partial charge >= 0.3 is 0 Å². The smallest absolute Gasteiger partial charge is 0.0860 e. The lowest BCUT2D eigenvalue weighted by Crippen LogP contribution is -2.08. The van der Waals surface area contributed by atoms with Crippen molar-refractivity contribution in [2.75, 3.05) is 0 Å². The highest BCUT2D eigenvalue weighted by atomic mass is 32.1. The van der Waals surface area contributed by atoms with Crippen molar-refractivity contribution in [3.8, 4) is 0 Å². The van der Waals surface area contributed by atoms with Crippen LogP contribution in [0, 0.1) is 5.92 Å². The molecule has 2 atom stereocenters. The summed E-state index contributed by atoms with van der Waals surface area (Å²) in [5, 5.41) is 9.85. The number of hydrogen-bond donors (Lipinski definition) is 2. The van der Waals surface area contributed by atoms with Crippen LogP contribution in [0.3, 0.4) is 0 Å². The largest absolute Gasteiger partial charge is 0.388 e. The lowest BCUT2D eigenvalue weighted by Gasteiger charge is -2.18. The standard InChI is InChI=1S/C11H14OS/c1-8(9(2)13)11(12)10-6-4-3-5-7-10/h3-8,11-13H,2H2,1H3. The molecule has 2 heteroatoms. The molecule has 0 bridgehead atoms. The van der Waals surface area contributed by atoms with Gasteiger partial charge in [0.15, 0.2) is 0 Å². The van der Waals surface area contributed by atoms with E-state index < -0.39 is 6.10 Å². The van der Waals surface area contributed by atoms with Crippen molar-refractivity contribution in [1.29, 1.82) is 0 Å². The van der Waals surface area contributed by atoms with Crippen molar-refractivity contribution in [1.82, 2.24) is 0 Å². The highest BCUT2D eigenvalue weighted by Gasteiger charge is 2.16. The summed E-state index contributed by atoms with van der Waals surface area (Å²) in [6, 6.07) is 9.55. The van der Waals surface area contributed by atoms with E-state index in [9.17, 15) is 5.11 Å². The topological polar surface area (TPSA) is 20.2 Å². The molecule has 1 rings (SSSR count). The monoisotopic (exact) mass is 194 g/mol. The van der Waals surface area contributed by atoms with Gasteiger partial charge in [0.05, 0.1) is 6.10 Å². The Labute approximate surface area is 84.5 Å². The van der Waals surface area contributed by atoms with E-state index in [1.54, 1.807) is 0 Å². The van der Waals surface area contributed by atoms with Crippen LogP contribution >= 0.6 is 12.6 Å². The maximum absolute atomic E-state index is 9.85. The molecule has 0 radical (unpaired) electrons. The zero-order valence-corrected chi connectivity index (χ0v) is 8.54. The van der Waals surface area contributed by atoms with E-state index in [1.807, 2.05) is 37.3 Å². The number of thiol groups is 1. The molecule has 0 aliphatic heterocycles. The Kier molecular flexibility index (Phi) is 3.58. The van der Waals surface area contributed by atoms with Crippen molar-refractivity contribution in [2.45, 2.75) is 13.0 Å². The molecule has 13 heavy (non-hydrogen) atoms. The van der Waals surface area contributed by atoms with Gasteiger partial charge in [0.1, 0.15) is 0 Å². The number of hydrogen-bond acceptors (Lipinski definition) is 2. The van der Waals surface area contributed by atoms with E-state index in [0.717, 1.165) is 5.56 Å². The van der Waals surface area contributed by atoms with Gasteiger partial charge in [0.25, 0.3) is 0 Å². The highest BCUT2D eigenvalue weighted by molar-refractivity contribution is 7.84. The first-order valence-corrected chi connectivity index (χ1v) is 4.68. The molecule has 0 fully saturated rings. The molecule has 70 valence electrons. The van der Waals surface area contributed by atoms with Crippen molar-refractivity contribution in [3.05, 3.63) is 47.4 Å². The SMILES string of the molecule is C=C(S)C(C)C(O)c1ccccc1. The molecule has 0 aliphatic carbocycles. The second-order valence-corrected chi connectivity index (χ2v) is 3.71. The zero-order chi connectivity index (χ0) is 9.84. The minimum atomic E-state index is -0.508. The zero-order valence-electron chi connectivity index (χ0n) is 7.64. The number of aliphatic hydroxyl groups is 1. The van der Waals surface area contributed by atoms with Crippen LogP contribution in [0.5, 0.6) is 0 Å². The lowest BCUT2D eigenvalue weighted by molar-refractivity contribution is 0.138. The summed E-state index contributed by atoms with van der Waals surface area (Å²) < 4.78 is 0. The van der Waals surface area contributed by atoms with Gasteiger partial charge in [-0.1, -0.05) is 43.8 Å². The minimum Gasteiger partial charge on any atom is -0.388 e. The van der Waals surface area contributed by atoms with Crippen molar-refractivity contribution < 1.29 is 5.11 Å². The third-order valence-corrected chi connectivity index (χ3v) is 2.55. The summed E-state index contributed by atoms with van der Waals surface area (Å²) in [6.45, 7) is 5.62. The Hall–Kier alpha value is -0.730. The molecule has 2 unspecified atom stereocenters. The Morgan fingerprint density at radius 2 is 1.92 bits per heavy atom. The van der Waals surface area contributed by atoms with Crippen LogP contribution in [-0.4, -0.2) is 5.11 Å². The van der Waals surface area contributed by atoms with Gasteiger partial charge in [0.2, 0.25) is 0 Å². The number of rotatable bonds is 3. The van der Waals surface area contributed by atoms with Gasteiger partial charge in [-0.3, -0.25) is 0 Å². The number of benzene rings is 1. The summed E-state index contributed by atoms with van der Waals surface area (Å²) in [7, 11) is 0. The summed E-state index contributed by atoms with van der Waals surface area (Å²) >= 11 is 4.13. The average Bonchev–Trinajstić information content (AvgIpc) is 2.17. The van der Waals surface area contributed by atoms with Crippen LogP contribution in [0.2, 0.25) is 0 Å². The third-order valence-electron chi connectivity index (χ3n) is 2.14. The van der Waals surface area contributed by atoms with E-state index in [0.29, 0.717) is 4.91 Å². The Bertz CT molecular complexity index is 281. The Morgan fingerprint density at radius 1 is 1.38 bits per heavy atom. The average molecular weight is 194 g/mol. The predicted octanol–water partition coefficient (Wildman–Crippen LogP) is 2.80. The predicted molar refractivity (Wildman–Crippen MR) is 58.7 cm³/mol.